The fourth-order valence-electron chi connectivity index (χ4n) is 3.78. The third-order valence-corrected chi connectivity index (χ3v) is 5.11. The van der Waals surface area contributed by atoms with Crippen LogP contribution in [0.25, 0.3) is 0 Å². The summed E-state index contributed by atoms with van der Waals surface area (Å²) < 4.78 is 5.57. The van der Waals surface area contributed by atoms with Crippen LogP contribution in [0.1, 0.15) is 24.1 Å². The largest absolute Gasteiger partial charge is 0.496 e. The van der Waals surface area contributed by atoms with Crippen LogP contribution in [0.3, 0.4) is 0 Å². The lowest BCUT2D eigenvalue weighted by atomic mass is 9.80. The first kappa shape index (κ1) is 16.4. The minimum atomic E-state index is -0.353. The van der Waals surface area contributed by atoms with E-state index in [1.807, 2.05) is 32.0 Å². The van der Waals surface area contributed by atoms with Gasteiger partial charge in [0.2, 0.25) is 0 Å². The number of fused-ring (bicyclic) bond motifs is 1. The van der Waals surface area contributed by atoms with Gasteiger partial charge in [0.05, 0.1) is 13.2 Å². The molecule has 2 heterocycles. The zero-order chi connectivity index (χ0) is 17.6. The van der Waals surface area contributed by atoms with Crippen molar-refractivity contribution in [2.45, 2.75) is 32.1 Å². The predicted molar refractivity (Wildman–Crippen MR) is 89.8 cm³/mol. The van der Waals surface area contributed by atoms with Gasteiger partial charge in [-0.3, -0.25) is 0 Å². The van der Waals surface area contributed by atoms with Gasteiger partial charge in [0.25, 0.3) is 0 Å². The van der Waals surface area contributed by atoms with Crippen LogP contribution in [-0.2, 0) is 0 Å². The molecular weight excluding hydrogens is 308 g/mol. The second-order valence-electron chi connectivity index (χ2n) is 6.62. The SMILES string of the molecule is COc1cc(C)ccc1[C@@H]1[C@@H]2[C@@H](NC(=O)N1C)N(C)C(=O)N[C@@H]2C. The molecule has 7 heteroatoms. The second kappa shape index (κ2) is 5.89. The number of methoxy groups -OCH3 is 1. The highest BCUT2D eigenvalue weighted by molar-refractivity contribution is 5.80. The van der Waals surface area contributed by atoms with E-state index in [0.29, 0.717) is 0 Å². The van der Waals surface area contributed by atoms with Crippen molar-refractivity contribution in [1.82, 2.24) is 20.4 Å². The molecule has 4 atom stereocenters. The molecule has 0 unspecified atom stereocenters. The molecule has 0 bridgehead atoms. The summed E-state index contributed by atoms with van der Waals surface area (Å²) in [7, 11) is 5.11. The maximum atomic E-state index is 12.5. The summed E-state index contributed by atoms with van der Waals surface area (Å²) in [4.78, 5) is 27.8. The molecule has 2 N–H and O–H groups in total. The van der Waals surface area contributed by atoms with Gasteiger partial charge >= 0.3 is 12.1 Å². The number of rotatable bonds is 2. The van der Waals surface area contributed by atoms with Crippen molar-refractivity contribution in [2.75, 3.05) is 21.2 Å². The number of amides is 4. The fourth-order valence-corrected chi connectivity index (χ4v) is 3.78. The smallest absolute Gasteiger partial charge is 0.319 e. The number of carbonyl (C=O) groups excluding carboxylic acids is 2. The quantitative estimate of drug-likeness (QED) is 0.865. The highest BCUT2D eigenvalue weighted by atomic mass is 16.5. The second-order valence-corrected chi connectivity index (χ2v) is 6.62. The highest BCUT2D eigenvalue weighted by Crippen LogP contribution is 2.41. The summed E-state index contributed by atoms with van der Waals surface area (Å²) in [6.45, 7) is 3.98. The number of hydrogen-bond donors (Lipinski definition) is 2. The minimum Gasteiger partial charge on any atom is -0.496 e. The van der Waals surface area contributed by atoms with Gasteiger partial charge < -0.3 is 25.2 Å². The van der Waals surface area contributed by atoms with Crippen LogP contribution in [0, 0.1) is 12.8 Å². The fraction of sp³-hybridized carbons (Fsp3) is 0.529. The lowest BCUT2D eigenvalue weighted by molar-refractivity contribution is 0.0241. The van der Waals surface area contributed by atoms with E-state index in [1.165, 1.54) is 0 Å². The van der Waals surface area contributed by atoms with E-state index in [0.717, 1.165) is 16.9 Å². The van der Waals surface area contributed by atoms with Gasteiger partial charge in [0.1, 0.15) is 11.9 Å². The van der Waals surface area contributed by atoms with Crippen molar-refractivity contribution in [1.29, 1.82) is 0 Å². The lowest BCUT2D eigenvalue weighted by Crippen LogP contribution is -2.71. The minimum absolute atomic E-state index is 0.00740. The molecule has 0 radical (unpaired) electrons. The average molecular weight is 332 g/mol. The topological polar surface area (TPSA) is 73.9 Å². The molecule has 2 aliphatic rings. The Kier molecular flexibility index (Phi) is 4.03. The van der Waals surface area contributed by atoms with Gasteiger partial charge in [-0.2, -0.15) is 0 Å². The number of benzene rings is 1. The Balaban J connectivity index is 2.10. The van der Waals surface area contributed by atoms with Crippen molar-refractivity contribution in [3.05, 3.63) is 29.3 Å². The number of carbonyl (C=O) groups is 2. The van der Waals surface area contributed by atoms with Crippen LogP contribution in [0.2, 0.25) is 0 Å². The molecule has 2 fully saturated rings. The van der Waals surface area contributed by atoms with Crippen molar-refractivity contribution in [2.24, 2.45) is 5.92 Å². The highest BCUT2D eigenvalue weighted by Gasteiger charge is 2.50. The van der Waals surface area contributed by atoms with Crippen LogP contribution < -0.4 is 15.4 Å². The third-order valence-electron chi connectivity index (χ3n) is 5.11. The maximum Gasteiger partial charge on any atom is 0.319 e. The van der Waals surface area contributed by atoms with E-state index in [1.54, 1.807) is 31.0 Å². The summed E-state index contributed by atoms with van der Waals surface area (Å²) in [6, 6.07) is 5.34. The molecule has 1 aromatic carbocycles. The molecule has 24 heavy (non-hydrogen) atoms. The van der Waals surface area contributed by atoms with Gasteiger partial charge in [-0.1, -0.05) is 12.1 Å². The van der Waals surface area contributed by atoms with Gasteiger partial charge in [0, 0.05) is 31.6 Å². The van der Waals surface area contributed by atoms with Crippen LogP contribution in [0.4, 0.5) is 9.59 Å². The van der Waals surface area contributed by atoms with E-state index in [4.69, 9.17) is 4.74 Å². The number of aryl methyl sites for hydroxylation is 1. The summed E-state index contributed by atoms with van der Waals surface area (Å²) >= 11 is 0. The first-order chi connectivity index (χ1) is 11.3. The normalized spacial score (nSPS) is 29.7. The molecule has 2 saturated heterocycles. The molecule has 0 aliphatic carbocycles. The van der Waals surface area contributed by atoms with Gasteiger partial charge in [-0.25, -0.2) is 9.59 Å². The molecule has 3 rings (SSSR count). The summed E-state index contributed by atoms with van der Waals surface area (Å²) in [5.41, 5.74) is 2.05. The van der Waals surface area contributed by atoms with Crippen molar-refractivity contribution < 1.29 is 14.3 Å². The third kappa shape index (κ3) is 2.44. The first-order valence-electron chi connectivity index (χ1n) is 8.06. The number of nitrogens with one attached hydrogen (secondary N) is 2. The zero-order valence-electron chi connectivity index (χ0n) is 14.7. The van der Waals surface area contributed by atoms with Gasteiger partial charge in [-0.05, 0) is 25.5 Å². The van der Waals surface area contributed by atoms with Crippen molar-refractivity contribution >= 4 is 12.1 Å². The Morgan fingerprint density at radius 2 is 1.75 bits per heavy atom. The van der Waals surface area contributed by atoms with Gasteiger partial charge in [-0.15, -0.1) is 0 Å². The molecule has 0 saturated carbocycles. The standard InChI is InChI=1S/C17H24N4O3/c1-9-6-7-11(12(8-9)24-5)14-13-10(2)18-16(22)21(4)15(13)19-17(23)20(14)3/h6-8,10,13-15H,1-5H3,(H,18,22)(H,19,23)/t10-,13-,14-,15+/m1/s1. The molecule has 1 aromatic rings. The van der Waals surface area contributed by atoms with E-state index < -0.39 is 0 Å². The molecule has 4 amide bonds. The van der Waals surface area contributed by atoms with Gasteiger partial charge in [0.15, 0.2) is 0 Å². The Bertz CT molecular complexity index is 678. The number of nitrogens with zero attached hydrogens (tertiary/aromatic N) is 2. The molecule has 130 valence electrons. The molecule has 2 aliphatic heterocycles. The van der Waals surface area contributed by atoms with Crippen LogP contribution in [0.15, 0.2) is 18.2 Å². The Morgan fingerprint density at radius 3 is 2.42 bits per heavy atom. The van der Waals surface area contributed by atoms with Crippen LogP contribution in [-0.4, -0.2) is 55.3 Å². The van der Waals surface area contributed by atoms with Crippen LogP contribution >= 0.6 is 0 Å². The molecule has 7 nitrogen and oxygen atoms in total. The Morgan fingerprint density at radius 1 is 1.08 bits per heavy atom. The number of hydrogen-bond acceptors (Lipinski definition) is 3. The summed E-state index contributed by atoms with van der Waals surface area (Å²) in [6.07, 6.45) is -0.353. The molecule has 0 aromatic heterocycles. The maximum absolute atomic E-state index is 12.5. The number of ether oxygens (including phenoxy) is 1. The van der Waals surface area contributed by atoms with E-state index >= 15 is 0 Å². The molecular formula is C17H24N4O3. The average Bonchev–Trinajstić information content (AvgIpc) is 2.54. The zero-order valence-corrected chi connectivity index (χ0v) is 14.7. The Hall–Kier alpha value is -2.44. The van der Waals surface area contributed by atoms with Crippen molar-refractivity contribution in [3.63, 3.8) is 0 Å². The monoisotopic (exact) mass is 332 g/mol. The molecule has 0 spiro atoms. The van der Waals surface area contributed by atoms with E-state index in [-0.39, 0.29) is 36.2 Å². The van der Waals surface area contributed by atoms with Crippen molar-refractivity contribution in [3.8, 4) is 5.75 Å². The van der Waals surface area contributed by atoms with E-state index in [2.05, 4.69) is 10.6 Å². The van der Waals surface area contributed by atoms with E-state index in [9.17, 15) is 9.59 Å². The predicted octanol–water partition coefficient (Wildman–Crippen LogP) is 1.69. The summed E-state index contributed by atoms with van der Waals surface area (Å²) in [5, 5.41) is 5.92. The summed E-state index contributed by atoms with van der Waals surface area (Å²) in [5.74, 6) is 0.749. The lowest BCUT2D eigenvalue weighted by Gasteiger charge is -2.52. The first-order valence-corrected chi connectivity index (χ1v) is 8.06. The number of urea groups is 2. The Labute approximate surface area is 141 Å². The van der Waals surface area contributed by atoms with Crippen LogP contribution in [0.5, 0.6) is 5.75 Å².